The molecule has 1 aromatic heterocycles. The highest BCUT2D eigenvalue weighted by Crippen LogP contribution is 2.56. The van der Waals surface area contributed by atoms with E-state index in [0.29, 0.717) is 11.6 Å². The van der Waals surface area contributed by atoms with Crippen LogP contribution >= 0.6 is 0 Å². The van der Waals surface area contributed by atoms with Gasteiger partial charge in [0.1, 0.15) is 17.4 Å². The van der Waals surface area contributed by atoms with Gasteiger partial charge in [-0.15, -0.1) is 0 Å². The molecule has 1 saturated carbocycles. The zero-order valence-electron chi connectivity index (χ0n) is 18.9. The SMILES string of the molecule is Cc1cc(NC(=O)[C@@H]2[C@@H]3C=C[C@]4(O3)[C@@H]2C(=O)N(C2CCCC2)[C@@H]4C(=O)NC(C)(C)C)no1. The number of aromatic nitrogens is 1. The van der Waals surface area contributed by atoms with Gasteiger partial charge in [0.05, 0.1) is 17.9 Å². The molecule has 1 aromatic rings. The molecule has 1 aliphatic carbocycles. The van der Waals surface area contributed by atoms with Gasteiger partial charge in [-0.25, -0.2) is 0 Å². The van der Waals surface area contributed by atoms with Crippen LogP contribution in [0.25, 0.3) is 0 Å². The maximum atomic E-state index is 13.8. The smallest absolute Gasteiger partial charge is 0.246 e. The van der Waals surface area contributed by atoms with Gasteiger partial charge in [-0.3, -0.25) is 14.4 Å². The number of fused-ring (bicyclic) bond motifs is 1. The summed E-state index contributed by atoms with van der Waals surface area (Å²) in [5.41, 5.74) is -1.60. The van der Waals surface area contributed by atoms with Crippen LogP contribution in [-0.2, 0) is 19.1 Å². The Hall–Kier alpha value is -2.68. The van der Waals surface area contributed by atoms with Crippen LogP contribution in [0, 0.1) is 18.8 Å². The Bertz CT molecular complexity index is 989. The Morgan fingerprint density at radius 2 is 1.94 bits per heavy atom. The molecule has 4 heterocycles. The van der Waals surface area contributed by atoms with E-state index in [9.17, 15) is 14.4 Å². The molecule has 5 atom stereocenters. The van der Waals surface area contributed by atoms with Crippen molar-refractivity contribution >= 4 is 23.5 Å². The Balaban J connectivity index is 1.50. The summed E-state index contributed by atoms with van der Waals surface area (Å²) in [5.74, 6) is -1.37. The van der Waals surface area contributed by atoms with Crippen molar-refractivity contribution in [2.24, 2.45) is 11.8 Å². The molecule has 2 bridgehead atoms. The van der Waals surface area contributed by atoms with E-state index < -0.39 is 35.1 Å². The van der Waals surface area contributed by atoms with Crippen LogP contribution in [0.3, 0.4) is 0 Å². The van der Waals surface area contributed by atoms with Crippen LogP contribution in [0.1, 0.15) is 52.2 Å². The van der Waals surface area contributed by atoms with Gasteiger partial charge in [-0.2, -0.15) is 0 Å². The lowest BCUT2D eigenvalue weighted by Gasteiger charge is -2.37. The number of hydrogen-bond acceptors (Lipinski definition) is 6. The molecule has 172 valence electrons. The molecular weight excluding hydrogens is 412 g/mol. The first-order valence-corrected chi connectivity index (χ1v) is 11.4. The van der Waals surface area contributed by atoms with Crippen molar-refractivity contribution in [3.05, 3.63) is 24.0 Å². The van der Waals surface area contributed by atoms with Gasteiger partial charge in [0.2, 0.25) is 17.7 Å². The summed E-state index contributed by atoms with van der Waals surface area (Å²) in [6.07, 6.45) is 6.85. The first kappa shape index (κ1) is 21.2. The predicted molar refractivity (Wildman–Crippen MR) is 114 cm³/mol. The second-order valence-corrected chi connectivity index (χ2v) is 10.4. The fourth-order valence-electron chi connectivity index (χ4n) is 5.86. The van der Waals surface area contributed by atoms with E-state index in [1.165, 1.54) is 0 Å². The zero-order valence-corrected chi connectivity index (χ0v) is 18.9. The number of aryl methyl sites for hydroxylation is 1. The predicted octanol–water partition coefficient (Wildman–Crippen LogP) is 1.93. The van der Waals surface area contributed by atoms with Gasteiger partial charge in [-0.1, -0.05) is 30.2 Å². The molecule has 5 rings (SSSR count). The fourth-order valence-corrected chi connectivity index (χ4v) is 5.86. The van der Waals surface area contributed by atoms with Crippen molar-refractivity contribution in [2.45, 2.75) is 82.7 Å². The molecule has 2 N–H and O–H groups in total. The largest absolute Gasteiger partial charge is 0.360 e. The number of carbonyl (C=O) groups is 3. The number of anilines is 1. The molecule has 32 heavy (non-hydrogen) atoms. The minimum atomic E-state index is -1.14. The molecule has 0 aromatic carbocycles. The minimum Gasteiger partial charge on any atom is -0.360 e. The van der Waals surface area contributed by atoms with Crippen molar-refractivity contribution in [3.63, 3.8) is 0 Å². The normalized spacial score (nSPS) is 33.8. The number of amides is 3. The first-order chi connectivity index (χ1) is 15.1. The van der Waals surface area contributed by atoms with E-state index in [1.807, 2.05) is 32.9 Å². The van der Waals surface area contributed by atoms with Crippen LogP contribution in [0.2, 0.25) is 0 Å². The standard InChI is InChI=1S/C23H30N4O5/c1-12-11-15(26-32-12)24-19(28)16-14-9-10-23(31-14)17(16)21(30)27(13-7-5-6-8-13)18(23)20(29)25-22(2,3)4/h9-11,13-14,16-18H,5-8H2,1-4H3,(H,25,29)(H,24,26,28)/t14-,16+,17-,18+,23-/m0/s1. The second-order valence-electron chi connectivity index (χ2n) is 10.4. The quantitative estimate of drug-likeness (QED) is 0.689. The lowest BCUT2D eigenvalue weighted by molar-refractivity contribution is -0.144. The van der Waals surface area contributed by atoms with Crippen LogP contribution in [0.15, 0.2) is 22.7 Å². The van der Waals surface area contributed by atoms with E-state index in [4.69, 9.17) is 9.26 Å². The molecule has 3 fully saturated rings. The van der Waals surface area contributed by atoms with E-state index in [1.54, 1.807) is 17.9 Å². The molecule has 2 saturated heterocycles. The third-order valence-electron chi connectivity index (χ3n) is 6.96. The number of hydrogen-bond donors (Lipinski definition) is 2. The molecule has 1 spiro atoms. The van der Waals surface area contributed by atoms with Crippen molar-refractivity contribution < 1.29 is 23.6 Å². The van der Waals surface area contributed by atoms with Crippen molar-refractivity contribution in [1.82, 2.24) is 15.4 Å². The van der Waals surface area contributed by atoms with Gasteiger partial charge in [0, 0.05) is 17.6 Å². The van der Waals surface area contributed by atoms with E-state index in [-0.39, 0.29) is 23.8 Å². The minimum absolute atomic E-state index is 0.0175. The summed E-state index contributed by atoms with van der Waals surface area (Å²) in [4.78, 5) is 42.3. The van der Waals surface area contributed by atoms with Crippen LogP contribution in [-0.4, -0.2) is 57.1 Å². The lowest BCUT2D eigenvalue weighted by Crippen LogP contribution is -2.59. The molecular formula is C23H30N4O5. The van der Waals surface area contributed by atoms with Crippen LogP contribution in [0.5, 0.6) is 0 Å². The van der Waals surface area contributed by atoms with E-state index in [0.717, 1.165) is 25.7 Å². The van der Waals surface area contributed by atoms with E-state index in [2.05, 4.69) is 15.8 Å². The van der Waals surface area contributed by atoms with Gasteiger partial charge >= 0.3 is 0 Å². The Kier molecular flexibility index (Phi) is 4.74. The summed E-state index contributed by atoms with van der Waals surface area (Å²) >= 11 is 0. The summed E-state index contributed by atoms with van der Waals surface area (Å²) in [5, 5.41) is 9.63. The van der Waals surface area contributed by atoms with E-state index >= 15 is 0 Å². The molecule has 9 heteroatoms. The van der Waals surface area contributed by atoms with Gasteiger partial charge in [0.25, 0.3) is 0 Å². The topological polar surface area (TPSA) is 114 Å². The molecule has 0 radical (unpaired) electrons. The Labute approximate surface area is 186 Å². The highest BCUT2D eigenvalue weighted by atomic mass is 16.5. The average molecular weight is 443 g/mol. The number of rotatable bonds is 4. The number of carbonyl (C=O) groups excluding carboxylic acids is 3. The number of ether oxygens (including phenoxy) is 1. The molecule has 3 aliphatic heterocycles. The van der Waals surface area contributed by atoms with Gasteiger partial charge in [-0.05, 0) is 40.5 Å². The fraction of sp³-hybridized carbons (Fsp3) is 0.652. The third kappa shape index (κ3) is 3.17. The van der Waals surface area contributed by atoms with Crippen molar-refractivity contribution in [3.8, 4) is 0 Å². The number of likely N-dealkylation sites (tertiary alicyclic amines) is 1. The summed E-state index contributed by atoms with van der Waals surface area (Å²) < 4.78 is 11.4. The first-order valence-electron chi connectivity index (χ1n) is 11.4. The van der Waals surface area contributed by atoms with Gasteiger partial charge in [0.15, 0.2) is 5.82 Å². The average Bonchev–Trinajstić information content (AvgIpc) is 3.48. The maximum absolute atomic E-state index is 13.8. The maximum Gasteiger partial charge on any atom is 0.246 e. The lowest BCUT2D eigenvalue weighted by atomic mass is 9.74. The summed E-state index contributed by atoms with van der Waals surface area (Å²) in [6, 6.07) is 0.810. The molecule has 9 nitrogen and oxygen atoms in total. The molecule has 4 aliphatic rings. The van der Waals surface area contributed by atoms with Crippen molar-refractivity contribution in [1.29, 1.82) is 0 Å². The van der Waals surface area contributed by atoms with Gasteiger partial charge < -0.3 is 24.8 Å². The number of nitrogens with one attached hydrogen (secondary N) is 2. The van der Waals surface area contributed by atoms with Crippen molar-refractivity contribution in [2.75, 3.05) is 5.32 Å². The second kappa shape index (κ2) is 7.16. The molecule has 3 amide bonds. The highest BCUT2D eigenvalue weighted by molar-refractivity contribution is 6.02. The monoisotopic (exact) mass is 442 g/mol. The van der Waals surface area contributed by atoms with Crippen LogP contribution in [0.4, 0.5) is 5.82 Å². The summed E-state index contributed by atoms with van der Waals surface area (Å²) in [6.45, 7) is 7.47. The summed E-state index contributed by atoms with van der Waals surface area (Å²) in [7, 11) is 0. The highest BCUT2D eigenvalue weighted by Gasteiger charge is 2.73. The zero-order chi connectivity index (χ0) is 22.8. The molecule has 0 unspecified atom stereocenters. The Morgan fingerprint density at radius 3 is 2.56 bits per heavy atom. The van der Waals surface area contributed by atoms with Crippen LogP contribution < -0.4 is 10.6 Å². The number of nitrogens with zero attached hydrogens (tertiary/aromatic N) is 2. The Morgan fingerprint density at radius 1 is 1.22 bits per heavy atom. The third-order valence-corrected chi connectivity index (χ3v) is 6.96.